The predicted molar refractivity (Wildman–Crippen MR) is 134 cm³/mol. The Morgan fingerprint density at radius 3 is 1.31 bits per heavy atom. The molecule has 0 saturated carbocycles. The number of aliphatic hydroxyl groups is 14. The molecule has 21 heteroatoms. The zero-order valence-corrected chi connectivity index (χ0v) is 23.5. The molecule has 0 spiro atoms. The van der Waals surface area contributed by atoms with Crippen LogP contribution in [-0.4, -0.2) is 221 Å². The zero-order chi connectivity index (χ0) is 33.3. The van der Waals surface area contributed by atoms with Gasteiger partial charge in [0.15, 0.2) is 25.2 Å². The van der Waals surface area contributed by atoms with Gasteiger partial charge in [0, 0.05) is 0 Å². The fourth-order valence-corrected chi connectivity index (χ4v) is 5.39. The number of hydrogen-bond donors (Lipinski definition) is 14. The normalized spacial score (nSPS) is 52.9. The average Bonchev–Trinajstić information content (AvgIpc) is 3.03. The minimum Gasteiger partial charge on any atom is -0.394 e. The van der Waals surface area contributed by atoms with Crippen molar-refractivity contribution in [2.24, 2.45) is 0 Å². The largest absolute Gasteiger partial charge is 0.394 e. The zero-order valence-electron chi connectivity index (χ0n) is 23.5. The number of ether oxygens (including phenoxy) is 7. The summed E-state index contributed by atoms with van der Waals surface area (Å²) in [5.74, 6) is 0. The van der Waals surface area contributed by atoms with Crippen LogP contribution in [0, 0.1) is 0 Å². The molecule has 14 N–H and O–H groups in total. The maximum Gasteiger partial charge on any atom is 0.187 e. The number of aliphatic hydroxyl groups excluding tert-OH is 14. The second-order valence-electron chi connectivity index (χ2n) is 11.2. The van der Waals surface area contributed by atoms with E-state index in [4.69, 9.17) is 33.2 Å². The Kier molecular flexibility index (Phi) is 12.8. The van der Waals surface area contributed by atoms with E-state index in [-0.39, 0.29) is 0 Å². The van der Waals surface area contributed by atoms with E-state index in [0.717, 1.165) is 0 Å². The third-order valence-electron chi connectivity index (χ3n) is 8.19. The summed E-state index contributed by atoms with van der Waals surface area (Å²) in [6.07, 6.45) is -35.8. The van der Waals surface area contributed by atoms with Crippen LogP contribution in [0.3, 0.4) is 0 Å². The molecule has 4 fully saturated rings. The summed E-state index contributed by atoms with van der Waals surface area (Å²) in [6.45, 7) is -3.25. The summed E-state index contributed by atoms with van der Waals surface area (Å²) >= 11 is 0. The molecule has 4 aliphatic rings. The minimum absolute atomic E-state index is 0.704. The monoisotopic (exact) mass is 666 g/mol. The topological polar surface area (TPSA) is 348 Å². The van der Waals surface area contributed by atoms with E-state index >= 15 is 0 Å². The van der Waals surface area contributed by atoms with Crippen molar-refractivity contribution in [1.82, 2.24) is 0 Å². The Labute approximate surface area is 254 Å². The van der Waals surface area contributed by atoms with Gasteiger partial charge in [-0.1, -0.05) is 0 Å². The molecular formula is C24H42O21. The Morgan fingerprint density at radius 1 is 0.378 bits per heavy atom. The molecular weight excluding hydrogens is 624 g/mol. The van der Waals surface area contributed by atoms with Crippen LogP contribution in [0.1, 0.15) is 0 Å². The fraction of sp³-hybridized carbons (Fsp3) is 1.00. The van der Waals surface area contributed by atoms with Gasteiger partial charge in [-0.3, -0.25) is 0 Å². The van der Waals surface area contributed by atoms with E-state index in [1.165, 1.54) is 0 Å². The Bertz CT molecular complexity index is 916. The molecule has 20 atom stereocenters. The van der Waals surface area contributed by atoms with Crippen molar-refractivity contribution >= 4 is 0 Å². The lowest BCUT2D eigenvalue weighted by Gasteiger charge is -2.48. The van der Waals surface area contributed by atoms with E-state index in [1.807, 2.05) is 0 Å². The Morgan fingerprint density at radius 2 is 0.778 bits per heavy atom. The summed E-state index contributed by atoms with van der Waals surface area (Å²) in [7, 11) is 0. The molecule has 4 aliphatic heterocycles. The summed E-state index contributed by atoms with van der Waals surface area (Å²) in [6, 6.07) is 0. The SMILES string of the molecule is OC[C@H]1O[C@H](O[C@@H]2[C@@H](O[C@@H]3[C@@H](OC[C@H]4OC(O)[C@@H](O)[C@@H](O)[C@@H]4O)O[C@H](CO)[C@@H](O)[C@@H]3O)O[C@H](CO)[C@@H](O)[C@@H]2O)[C@@H](O)[C@@H](O)[C@@H]1O. The van der Waals surface area contributed by atoms with Crippen LogP contribution in [-0.2, 0) is 33.2 Å². The predicted octanol–water partition coefficient (Wildman–Crippen LogP) is -9.75. The summed E-state index contributed by atoms with van der Waals surface area (Å²) < 4.78 is 38.3. The van der Waals surface area contributed by atoms with Gasteiger partial charge in [-0.25, -0.2) is 0 Å². The van der Waals surface area contributed by atoms with Crippen molar-refractivity contribution in [3.8, 4) is 0 Å². The van der Waals surface area contributed by atoms with Crippen LogP contribution >= 0.6 is 0 Å². The van der Waals surface area contributed by atoms with Crippen molar-refractivity contribution in [1.29, 1.82) is 0 Å². The van der Waals surface area contributed by atoms with E-state index in [0.29, 0.717) is 0 Å². The van der Waals surface area contributed by atoms with Gasteiger partial charge in [0.05, 0.1) is 26.4 Å². The van der Waals surface area contributed by atoms with E-state index in [9.17, 15) is 71.5 Å². The van der Waals surface area contributed by atoms with Crippen LogP contribution in [0.25, 0.3) is 0 Å². The Balaban J connectivity index is 1.56. The molecule has 4 saturated heterocycles. The highest BCUT2D eigenvalue weighted by Gasteiger charge is 2.54. The lowest BCUT2D eigenvalue weighted by atomic mass is 9.96. The molecule has 0 aromatic carbocycles. The molecule has 0 aromatic rings. The first kappa shape index (κ1) is 37.0. The molecule has 4 heterocycles. The van der Waals surface area contributed by atoms with Crippen LogP contribution in [0.5, 0.6) is 0 Å². The maximum absolute atomic E-state index is 10.9. The standard InChI is InChI=1S/C24H42O21/c25-1-5-9(28)14(33)18(37)22(41-5)44-20-16(35)11(30)7(3-27)43-24(20)45-19-15(34)10(29)6(2-26)42-23(19)39-4-8-12(31)13(32)17(36)21(38)40-8/h5-38H,1-4H2/t5-,6-,7-,8-,9-,10-,11-,12-,13+,14+,15+,16+,17+,18+,19+,20+,21?,22-,23+,24-/m1/s1. The quantitative estimate of drug-likeness (QED) is 0.103. The smallest absolute Gasteiger partial charge is 0.187 e. The van der Waals surface area contributed by atoms with Crippen LogP contribution in [0.15, 0.2) is 0 Å². The van der Waals surface area contributed by atoms with Gasteiger partial charge >= 0.3 is 0 Å². The molecule has 0 radical (unpaired) electrons. The van der Waals surface area contributed by atoms with Gasteiger partial charge < -0.3 is 105 Å². The van der Waals surface area contributed by atoms with Gasteiger partial charge in [0.25, 0.3) is 0 Å². The first-order valence-corrected chi connectivity index (χ1v) is 14.1. The van der Waals surface area contributed by atoms with Gasteiger partial charge in [0.2, 0.25) is 0 Å². The van der Waals surface area contributed by atoms with E-state index in [1.54, 1.807) is 0 Å². The summed E-state index contributed by atoms with van der Waals surface area (Å²) in [5.41, 5.74) is 0. The summed E-state index contributed by atoms with van der Waals surface area (Å²) in [4.78, 5) is 0. The number of hydrogen-bond acceptors (Lipinski definition) is 21. The van der Waals surface area contributed by atoms with E-state index in [2.05, 4.69) is 0 Å². The second kappa shape index (κ2) is 15.6. The fourth-order valence-electron chi connectivity index (χ4n) is 5.39. The van der Waals surface area contributed by atoms with Gasteiger partial charge in [-0.05, 0) is 0 Å². The third kappa shape index (κ3) is 7.59. The maximum atomic E-state index is 10.9. The highest BCUT2D eigenvalue weighted by Crippen LogP contribution is 2.33. The first-order chi connectivity index (χ1) is 21.2. The van der Waals surface area contributed by atoms with Crippen molar-refractivity contribution < 1.29 is 105 Å². The highest BCUT2D eigenvalue weighted by molar-refractivity contribution is 4.96. The molecule has 1 unspecified atom stereocenters. The third-order valence-corrected chi connectivity index (χ3v) is 8.19. The Hall–Kier alpha value is -0.840. The molecule has 0 amide bonds. The number of rotatable bonds is 10. The molecule has 0 aromatic heterocycles. The lowest BCUT2D eigenvalue weighted by molar-refractivity contribution is -0.395. The van der Waals surface area contributed by atoms with Gasteiger partial charge in [-0.15, -0.1) is 0 Å². The second-order valence-corrected chi connectivity index (χ2v) is 11.2. The van der Waals surface area contributed by atoms with Crippen LogP contribution in [0.2, 0.25) is 0 Å². The first-order valence-electron chi connectivity index (χ1n) is 14.1. The van der Waals surface area contributed by atoms with E-state index < -0.39 is 149 Å². The minimum atomic E-state index is -1.98. The van der Waals surface area contributed by atoms with Crippen molar-refractivity contribution in [3.05, 3.63) is 0 Å². The average molecular weight is 667 g/mol. The highest BCUT2D eigenvalue weighted by atomic mass is 16.8. The van der Waals surface area contributed by atoms with Gasteiger partial charge in [-0.2, -0.15) is 0 Å². The van der Waals surface area contributed by atoms with Gasteiger partial charge in [0.1, 0.15) is 97.7 Å². The molecule has 264 valence electrons. The van der Waals surface area contributed by atoms with Crippen molar-refractivity contribution in [2.75, 3.05) is 26.4 Å². The van der Waals surface area contributed by atoms with Crippen LogP contribution < -0.4 is 0 Å². The molecule has 45 heavy (non-hydrogen) atoms. The molecule has 0 aliphatic carbocycles. The summed E-state index contributed by atoms with van der Waals surface area (Å²) in [5, 5.41) is 142. The van der Waals surface area contributed by atoms with Crippen molar-refractivity contribution in [3.63, 3.8) is 0 Å². The molecule has 4 rings (SSSR count). The molecule has 21 nitrogen and oxygen atoms in total. The van der Waals surface area contributed by atoms with Crippen molar-refractivity contribution in [2.45, 2.75) is 123 Å². The van der Waals surface area contributed by atoms with Crippen LogP contribution in [0.4, 0.5) is 0 Å². The lowest BCUT2D eigenvalue weighted by Crippen LogP contribution is -2.67. The molecule has 0 bridgehead atoms.